The molecule has 0 bridgehead atoms. The molecular weight excluding hydrogens is 240 g/mol. The topological polar surface area (TPSA) is 85.2 Å². The van der Waals surface area contributed by atoms with Crippen LogP contribution in [0.1, 0.15) is 33.1 Å². The van der Waals surface area contributed by atoms with Crippen molar-refractivity contribution in [3.63, 3.8) is 0 Å². The van der Waals surface area contributed by atoms with Crippen LogP contribution in [0.3, 0.4) is 0 Å². The highest BCUT2D eigenvalue weighted by molar-refractivity contribution is 5.59. The summed E-state index contributed by atoms with van der Waals surface area (Å²) in [5, 5.41) is 19.5. The van der Waals surface area contributed by atoms with E-state index >= 15 is 0 Å². The van der Waals surface area contributed by atoms with Gasteiger partial charge in [-0.15, -0.1) is 0 Å². The van der Waals surface area contributed by atoms with Gasteiger partial charge in [-0.2, -0.15) is 0 Å². The largest absolute Gasteiger partial charge is 0.508 e. The van der Waals surface area contributed by atoms with Gasteiger partial charge in [-0.25, -0.2) is 4.79 Å². The summed E-state index contributed by atoms with van der Waals surface area (Å²) < 4.78 is 15.0. The van der Waals surface area contributed by atoms with E-state index in [1.807, 2.05) is 6.92 Å². The first-order valence-electron chi connectivity index (χ1n) is 6.39. The van der Waals surface area contributed by atoms with Crippen molar-refractivity contribution in [2.24, 2.45) is 0 Å². The second kappa shape index (κ2) is 7.56. The van der Waals surface area contributed by atoms with Gasteiger partial charge in [0.2, 0.25) is 0 Å². The molecule has 4 unspecified atom stereocenters. The van der Waals surface area contributed by atoms with Gasteiger partial charge in [-0.05, 0) is 13.3 Å². The molecular formula is C12H22O6. The first-order valence-corrected chi connectivity index (χ1v) is 6.39. The number of carbonyl (C=O) groups excluding carboxylic acids is 1. The Labute approximate surface area is 107 Å². The minimum absolute atomic E-state index is 0.107. The van der Waals surface area contributed by atoms with E-state index in [1.165, 1.54) is 0 Å². The van der Waals surface area contributed by atoms with E-state index in [-0.39, 0.29) is 19.3 Å². The van der Waals surface area contributed by atoms with Crippen LogP contribution in [0.2, 0.25) is 0 Å². The second-order valence-electron chi connectivity index (χ2n) is 4.37. The van der Waals surface area contributed by atoms with E-state index in [1.54, 1.807) is 6.92 Å². The van der Waals surface area contributed by atoms with Crippen LogP contribution in [-0.4, -0.2) is 54.0 Å². The smallest absolute Gasteiger partial charge is 0.435 e. The zero-order valence-electron chi connectivity index (χ0n) is 10.9. The first-order chi connectivity index (χ1) is 8.58. The number of ether oxygens (including phenoxy) is 3. The molecule has 1 aliphatic rings. The minimum Gasteiger partial charge on any atom is -0.435 e. The number of carbonyl (C=O) groups is 1. The monoisotopic (exact) mass is 262 g/mol. The van der Waals surface area contributed by atoms with Crippen LogP contribution in [0.5, 0.6) is 0 Å². The second-order valence-corrected chi connectivity index (χ2v) is 4.37. The van der Waals surface area contributed by atoms with Gasteiger partial charge in [0.1, 0.15) is 18.8 Å². The fraction of sp³-hybridized carbons (Fsp3) is 0.917. The predicted octanol–water partition coefficient (Wildman–Crippen LogP) is 0.839. The van der Waals surface area contributed by atoms with Crippen molar-refractivity contribution < 1.29 is 29.2 Å². The molecule has 0 amide bonds. The Kier molecular flexibility index (Phi) is 6.38. The van der Waals surface area contributed by atoms with E-state index < -0.39 is 24.5 Å². The maximum Gasteiger partial charge on any atom is 0.508 e. The average Bonchev–Trinajstić information content (AvgIpc) is 2.32. The molecule has 0 radical (unpaired) electrons. The molecule has 1 saturated heterocycles. The van der Waals surface area contributed by atoms with Gasteiger partial charge in [0.25, 0.3) is 0 Å². The fourth-order valence-electron chi connectivity index (χ4n) is 2.00. The van der Waals surface area contributed by atoms with E-state index in [2.05, 4.69) is 4.74 Å². The summed E-state index contributed by atoms with van der Waals surface area (Å²) in [5.41, 5.74) is 0. The highest BCUT2D eigenvalue weighted by atomic mass is 16.7. The van der Waals surface area contributed by atoms with Crippen LogP contribution in [0, 0.1) is 0 Å². The van der Waals surface area contributed by atoms with Crippen LogP contribution in [0.25, 0.3) is 0 Å². The van der Waals surface area contributed by atoms with Crippen molar-refractivity contribution in [1.82, 2.24) is 0 Å². The fourth-order valence-corrected chi connectivity index (χ4v) is 2.00. The standard InChI is InChI=1S/C12H22O6/c1-3-5-8-6-9(13)11(14)10(18-8)7-17-12(15)16-4-2/h8-11,13-14H,3-7H2,1-2H3. The Morgan fingerprint density at radius 3 is 2.67 bits per heavy atom. The Hall–Kier alpha value is -0.850. The van der Waals surface area contributed by atoms with Gasteiger partial charge >= 0.3 is 6.16 Å². The molecule has 0 aromatic heterocycles. The van der Waals surface area contributed by atoms with E-state index in [0.29, 0.717) is 6.42 Å². The van der Waals surface area contributed by atoms with E-state index in [0.717, 1.165) is 12.8 Å². The molecule has 4 atom stereocenters. The zero-order valence-corrected chi connectivity index (χ0v) is 10.9. The molecule has 0 saturated carbocycles. The third-order valence-electron chi connectivity index (χ3n) is 2.89. The Morgan fingerprint density at radius 2 is 2.06 bits per heavy atom. The summed E-state index contributed by atoms with van der Waals surface area (Å²) in [4.78, 5) is 11.0. The lowest BCUT2D eigenvalue weighted by molar-refractivity contribution is -0.182. The average molecular weight is 262 g/mol. The van der Waals surface area contributed by atoms with Gasteiger partial charge in [-0.3, -0.25) is 0 Å². The van der Waals surface area contributed by atoms with E-state index in [4.69, 9.17) is 9.47 Å². The van der Waals surface area contributed by atoms with Crippen molar-refractivity contribution in [3.05, 3.63) is 0 Å². The van der Waals surface area contributed by atoms with Gasteiger partial charge in [0.15, 0.2) is 0 Å². The molecule has 6 nitrogen and oxygen atoms in total. The quantitative estimate of drug-likeness (QED) is 0.714. The van der Waals surface area contributed by atoms with Gasteiger partial charge in [0.05, 0.1) is 18.8 Å². The van der Waals surface area contributed by atoms with Crippen LogP contribution < -0.4 is 0 Å². The molecule has 106 valence electrons. The molecule has 1 aliphatic heterocycles. The number of rotatable bonds is 5. The Balaban J connectivity index is 2.43. The summed E-state index contributed by atoms with van der Waals surface area (Å²) in [6.45, 7) is 3.81. The van der Waals surface area contributed by atoms with Gasteiger partial charge in [0, 0.05) is 6.42 Å². The van der Waals surface area contributed by atoms with Gasteiger partial charge in [-0.1, -0.05) is 13.3 Å². The zero-order chi connectivity index (χ0) is 13.5. The summed E-state index contributed by atoms with van der Waals surface area (Å²) >= 11 is 0. The summed E-state index contributed by atoms with van der Waals surface area (Å²) in [6, 6.07) is 0. The number of hydrogen-bond donors (Lipinski definition) is 2. The SMILES string of the molecule is CCCC1CC(O)C(O)C(COC(=O)OCC)O1. The number of hydrogen-bond acceptors (Lipinski definition) is 6. The van der Waals surface area contributed by atoms with Crippen LogP contribution >= 0.6 is 0 Å². The summed E-state index contributed by atoms with van der Waals surface area (Å²) in [5.74, 6) is 0. The molecule has 0 aliphatic carbocycles. The minimum atomic E-state index is -1.03. The Bertz CT molecular complexity index is 257. The van der Waals surface area contributed by atoms with E-state index in [9.17, 15) is 15.0 Å². The molecule has 0 aromatic rings. The molecule has 2 N–H and O–H groups in total. The van der Waals surface area contributed by atoms with Gasteiger partial charge < -0.3 is 24.4 Å². The van der Waals surface area contributed by atoms with Crippen LogP contribution in [0.15, 0.2) is 0 Å². The van der Waals surface area contributed by atoms with Crippen molar-refractivity contribution in [2.75, 3.05) is 13.2 Å². The lowest BCUT2D eigenvalue weighted by Crippen LogP contribution is -2.50. The first kappa shape index (κ1) is 15.2. The maximum atomic E-state index is 11.0. The molecule has 1 rings (SSSR count). The normalized spacial score (nSPS) is 32.0. The lowest BCUT2D eigenvalue weighted by Gasteiger charge is -2.36. The Morgan fingerprint density at radius 1 is 1.33 bits per heavy atom. The summed E-state index contributed by atoms with van der Waals surface area (Å²) in [6.07, 6.45) is -1.33. The molecule has 6 heteroatoms. The third-order valence-corrected chi connectivity index (χ3v) is 2.89. The predicted molar refractivity (Wildman–Crippen MR) is 63.2 cm³/mol. The molecule has 1 heterocycles. The molecule has 18 heavy (non-hydrogen) atoms. The summed E-state index contributed by atoms with van der Waals surface area (Å²) in [7, 11) is 0. The molecule has 1 fully saturated rings. The van der Waals surface area contributed by atoms with Crippen LogP contribution in [0.4, 0.5) is 4.79 Å². The van der Waals surface area contributed by atoms with Crippen molar-refractivity contribution in [2.45, 2.75) is 57.5 Å². The number of aliphatic hydroxyl groups is 2. The van der Waals surface area contributed by atoms with Crippen molar-refractivity contribution in [3.8, 4) is 0 Å². The maximum absolute atomic E-state index is 11.0. The van der Waals surface area contributed by atoms with Crippen LogP contribution in [-0.2, 0) is 14.2 Å². The highest BCUT2D eigenvalue weighted by Gasteiger charge is 2.37. The number of aliphatic hydroxyl groups excluding tert-OH is 2. The van der Waals surface area contributed by atoms with Crippen molar-refractivity contribution in [1.29, 1.82) is 0 Å². The molecule has 0 aromatic carbocycles. The van der Waals surface area contributed by atoms with Crippen molar-refractivity contribution >= 4 is 6.16 Å². The highest BCUT2D eigenvalue weighted by Crippen LogP contribution is 2.23. The third kappa shape index (κ3) is 4.44. The lowest BCUT2D eigenvalue weighted by atomic mass is 9.96. The molecule has 0 spiro atoms.